The molecule has 2 aromatic carbocycles. The van der Waals surface area contributed by atoms with Gasteiger partial charge in [-0.3, -0.25) is 10.1 Å². The maximum absolute atomic E-state index is 14.0. The molecule has 0 radical (unpaired) electrons. The molecular formula is C24H16FN5O5S. The SMILES string of the molecule is Cc1oncc1/C(O)=C(\C#N)C(=O)Nc1ncc(S(=O)(=O)c2ccccc2)c(-c2cccc(F)c2)n1. The topological polar surface area (TPSA) is 159 Å². The highest BCUT2D eigenvalue weighted by Crippen LogP contribution is 2.31. The summed E-state index contributed by atoms with van der Waals surface area (Å²) in [6.45, 7) is 1.48. The Morgan fingerprint density at radius 1 is 1.14 bits per heavy atom. The molecule has 0 aliphatic heterocycles. The van der Waals surface area contributed by atoms with Crippen LogP contribution in [-0.2, 0) is 14.6 Å². The summed E-state index contributed by atoms with van der Waals surface area (Å²) in [6, 6.07) is 14.2. The summed E-state index contributed by atoms with van der Waals surface area (Å²) in [5.74, 6) is -2.59. The van der Waals surface area contributed by atoms with E-state index in [0.717, 1.165) is 18.5 Å². The van der Waals surface area contributed by atoms with E-state index in [-0.39, 0.29) is 38.3 Å². The molecule has 0 aliphatic rings. The fraction of sp³-hybridized carbons (Fsp3) is 0.0417. The first-order chi connectivity index (χ1) is 17.2. The Kier molecular flexibility index (Phi) is 6.58. The van der Waals surface area contributed by atoms with Gasteiger partial charge in [0.2, 0.25) is 15.8 Å². The summed E-state index contributed by atoms with van der Waals surface area (Å²) < 4.78 is 45.4. The Morgan fingerprint density at radius 3 is 2.53 bits per heavy atom. The van der Waals surface area contributed by atoms with Crippen LogP contribution in [0.25, 0.3) is 17.0 Å². The lowest BCUT2D eigenvalue weighted by molar-refractivity contribution is -0.112. The summed E-state index contributed by atoms with van der Waals surface area (Å²) >= 11 is 0. The first-order valence-electron chi connectivity index (χ1n) is 10.2. The Labute approximate surface area is 204 Å². The molecule has 12 heteroatoms. The number of hydrogen-bond donors (Lipinski definition) is 2. The molecule has 0 unspecified atom stereocenters. The fourth-order valence-corrected chi connectivity index (χ4v) is 4.61. The van der Waals surface area contributed by atoms with Crippen LogP contribution in [0.15, 0.2) is 86.9 Å². The predicted molar refractivity (Wildman–Crippen MR) is 124 cm³/mol. The van der Waals surface area contributed by atoms with Gasteiger partial charge in [-0.25, -0.2) is 22.8 Å². The molecule has 2 N–H and O–H groups in total. The normalized spacial score (nSPS) is 11.9. The number of aliphatic hydroxyl groups is 1. The van der Waals surface area contributed by atoms with E-state index in [1.54, 1.807) is 24.3 Å². The second-order valence-electron chi connectivity index (χ2n) is 7.32. The molecule has 0 aliphatic carbocycles. The van der Waals surface area contributed by atoms with Crippen molar-refractivity contribution in [3.8, 4) is 17.3 Å². The molecule has 2 heterocycles. The Balaban J connectivity index is 1.80. The fourth-order valence-electron chi connectivity index (χ4n) is 3.23. The van der Waals surface area contributed by atoms with E-state index in [9.17, 15) is 28.0 Å². The van der Waals surface area contributed by atoms with Crippen molar-refractivity contribution in [1.29, 1.82) is 5.26 Å². The molecule has 36 heavy (non-hydrogen) atoms. The molecule has 180 valence electrons. The highest BCUT2D eigenvalue weighted by Gasteiger charge is 2.26. The number of nitriles is 1. The number of carbonyl (C=O) groups is 1. The zero-order valence-electron chi connectivity index (χ0n) is 18.5. The highest BCUT2D eigenvalue weighted by molar-refractivity contribution is 7.91. The number of amides is 1. The maximum Gasteiger partial charge on any atom is 0.272 e. The number of aliphatic hydroxyl groups excluding tert-OH is 1. The second kappa shape index (κ2) is 9.77. The first-order valence-corrected chi connectivity index (χ1v) is 11.7. The quantitative estimate of drug-likeness (QED) is 0.225. The van der Waals surface area contributed by atoms with Crippen LogP contribution in [0.3, 0.4) is 0 Å². The minimum atomic E-state index is -4.12. The van der Waals surface area contributed by atoms with Crippen molar-refractivity contribution in [2.75, 3.05) is 5.32 Å². The number of hydrogen-bond acceptors (Lipinski definition) is 9. The van der Waals surface area contributed by atoms with Crippen molar-refractivity contribution in [2.45, 2.75) is 16.7 Å². The van der Waals surface area contributed by atoms with Crippen molar-refractivity contribution < 1.29 is 27.2 Å². The first kappa shape index (κ1) is 24.2. The van der Waals surface area contributed by atoms with Crippen LogP contribution < -0.4 is 5.32 Å². The summed E-state index contributed by atoms with van der Waals surface area (Å²) in [5.41, 5.74) is -0.711. The lowest BCUT2D eigenvalue weighted by atomic mass is 10.1. The van der Waals surface area contributed by atoms with Crippen LogP contribution >= 0.6 is 0 Å². The summed E-state index contributed by atoms with van der Waals surface area (Å²) in [5, 5.41) is 25.6. The Bertz CT molecular complexity index is 1640. The second-order valence-corrected chi connectivity index (χ2v) is 9.24. The number of aryl methyl sites for hydroxylation is 1. The molecule has 10 nitrogen and oxygen atoms in total. The summed E-state index contributed by atoms with van der Waals surface area (Å²) in [6.07, 6.45) is 2.11. The van der Waals surface area contributed by atoms with E-state index in [2.05, 4.69) is 20.4 Å². The van der Waals surface area contributed by atoms with Crippen LogP contribution in [0.1, 0.15) is 11.3 Å². The number of sulfone groups is 1. The lowest BCUT2D eigenvalue weighted by Gasteiger charge is -2.12. The molecule has 4 rings (SSSR count). The number of carbonyl (C=O) groups excluding carboxylic acids is 1. The molecule has 4 aromatic rings. The Morgan fingerprint density at radius 2 is 1.89 bits per heavy atom. The van der Waals surface area contributed by atoms with Crippen LogP contribution in [0.5, 0.6) is 0 Å². The average Bonchev–Trinajstić information content (AvgIpc) is 3.30. The number of rotatable bonds is 6. The predicted octanol–water partition coefficient (Wildman–Crippen LogP) is 3.84. The van der Waals surface area contributed by atoms with Crippen LogP contribution in [0, 0.1) is 24.1 Å². The van der Waals surface area contributed by atoms with Gasteiger partial charge in [-0.15, -0.1) is 0 Å². The van der Waals surface area contributed by atoms with Gasteiger partial charge in [-0.05, 0) is 31.2 Å². The third kappa shape index (κ3) is 4.68. The van der Waals surface area contributed by atoms with Crippen LogP contribution in [0.4, 0.5) is 10.3 Å². The van der Waals surface area contributed by atoms with E-state index < -0.39 is 32.9 Å². The molecule has 0 fully saturated rings. The van der Waals surface area contributed by atoms with Gasteiger partial charge in [-0.2, -0.15) is 5.26 Å². The monoisotopic (exact) mass is 505 g/mol. The number of aromatic nitrogens is 3. The van der Waals surface area contributed by atoms with E-state index >= 15 is 0 Å². The zero-order valence-corrected chi connectivity index (χ0v) is 19.3. The summed E-state index contributed by atoms with van der Waals surface area (Å²) in [4.78, 5) is 20.4. The number of benzene rings is 2. The number of nitrogens with one attached hydrogen (secondary N) is 1. The minimum absolute atomic E-state index is 0.0346. The van der Waals surface area contributed by atoms with E-state index in [1.165, 1.54) is 37.3 Å². The molecule has 0 spiro atoms. The van der Waals surface area contributed by atoms with Crippen molar-refractivity contribution >= 4 is 27.5 Å². The molecule has 0 saturated carbocycles. The van der Waals surface area contributed by atoms with Gasteiger partial charge in [0, 0.05) is 5.56 Å². The molecule has 2 aromatic heterocycles. The van der Waals surface area contributed by atoms with Crippen molar-refractivity contribution in [3.05, 3.63) is 89.7 Å². The Hall–Kier alpha value is -4.89. The van der Waals surface area contributed by atoms with Crippen LogP contribution in [-0.4, -0.2) is 34.6 Å². The van der Waals surface area contributed by atoms with Gasteiger partial charge < -0.3 is 9.63 Å². The van der Waals surface area contributed by atoms with Gasteiger partial charge in [0.1, 0.15) is 22.5 Å². The summed E-state index contributed by atoms with van der Waals surface area (Å²) in [7, 11) is -4.12. The number of halogens is 1. The van der Waals surface area contributed by atoms with Gasteiger partial charge in [0.05, 0.1) is 28.5 Å². The molecule has 0 atom stereocenters. The number of anilines is 1. The van der Waals surface area contributed by atoms with Gasteiger partial charge in [0.15, 0.2) is 11.3 Å². The standard InChI is InChI=1S/C24H16FN5O5S/c1-14-19(12-28-35-14)22(31)18(11-26)23(32)30-24-27-13-20(36(33,34)17-8-3-2-4-9-17)21(29-24)15-6-5-7-16(25)10-15/h2-10,12-13,31H,1H3,(H,27,29,30,32)/b22-18-. The highest BCUT2D eigenvalue weighted by atomic mass is 32.2. The van der Waals surface area contributed by atoms with Crippen LogP contribution in [0.2, 0.25) is 0 Å². The van der Waals surface area contributed by atoms with Crippen molar-refractivity contribution in [3.63, 3.8) is 0 Å². The third-order valence-corrected chi connectivity index (χ3v) is 6.77. The number of nitrogens with zero attached hydrogens (tertiary/aromatic N) is 4. The van der Waals surface area contributed by atoms with E-state index in [4.69, 9.17) is 4.52 Å². The molecular weight excluding hydrogens is 489 g/mol. The lowest BCUT2D eigenvalue weighted by Crippen LogP contribution is -2.18. The minimum Gasteiger partial charge on any atom is -0.506 e. The van der Waals surface area contributed by atoms with E-state index in [1.807, 2.05) is 0 Å². The molecule has 0 bridgehead atoms. The molecule has 0 saturated heterocycles. The largest absolute Gasteiger partial charge is 0.506 e. The van der Waals surface area contributed by atoms with Gasteiger partial charge in [0.25, 0.3) is 5.91 Å². The average molecular weight is 505 g/mol. The van der Waals surface area contributed by atoms with Crippen molar-refractivity contribution in [2.24, 2.45) is 0 Å². The smallest absolute Gasteiger partial charge is 0.272 e. The third-order valence-electron chi connectivity index (χ3n) is 5.00. The molecule has 1 amide bonds. The van der Waals surface area contributed by atoms with E-state index in [0.29, 0.717) is 0 Å². The zero-order chi connectivity index (χ0) is 25.9. The van der Waals surface area contributed by atoms with Crippen molar-refractivity contribution in [1.82, 2.24) is 15.1 Å². The maximum atomic E-state index is 14.0. The van der Waals surface area contributed by atoms with Gasteiger partial charge in [-0.1, -0.05) is 35.5 Å². The van der Waals surface area contributed by atoms with Gasteiger partial charge >= 0.3 is 0 Å².